The van der Waals surface area contributed by atoms with Gasteiger partial charge >= 0.3 is 0 Å². The van der Waals surface area contributed by atoms with Gasteiger partial charge in [-0.2, -0.15) is 0 Å². The third-order valence-corrected chi connectivity index (χ3v) is 3.79. The van der Waals surface area contributed by atoms with Crippen LogP contribution in [0.3, 0.4) is 0 Å². The highest BCUT2D eigenvalue weighted by Gasteiger charge is 2.24. The Morgan fingerprint density at radius 2 is 1.95 bits per heavy atom. The maximum absolute atomic E-state index is 5.47. The van der Waals surface area contributed by atoms with Gasteiger partial charge in [-0.25, -0.2) is 0 Å². The highest BCUT2D eigenvalue weighted by Crippen LogP contribution is 2.35. The standard InChI is InChI=1S/C15H24BrNO2/c1-15(2,7-8-17-9-10-18-3)13-11-12(16)5-6-14(13)19-4/h5-6,11,17H,7-10H2,1-4H3. The fraction of sp³-hybridized carbons (Fsp3) is 0.600. The molecule has 0 aliphatic heterocycles. The van der Waals surface area contributed by atoms with E-state index < -0.39 is 0 Å². The minimum Gasteiger partial charge on any atom is -0.496 e. The molecule has 0 fully saturated rings. The molecular formula is C15H24BrNO2. The predicted molar refractivity (Wildman–Crippen MR) is 83.1 cm³/mol. The van der Waals surface area contributed by atoms with Gasteiger partial charge in [0.15, 0.2) is 0 Å². The molecule has 0 aliphatic rings. The maximum atomic E-state index is 5.47. The number of benzene rings is 1. The Hall–Kier alpha value is -0.580. The molecule has 0 aromatic heterocycles. The molecule has 0 radical (unpaired) electrons. The number of methoxy groups -OCH3 is 2. The Bertz CT molecular complexity index is 394. The molecule has 0 spiro atoms. The van der Waals surface area contributed by atoms with Gasteiger partial charge in [-0.1, -0.05) is 29.8 Å². The lowest BCUT2D eigenvalue weighted by Crippen LogP contribution is -2.27. The summed E-state index contributed by atoms with van der Waals surface area (Å²) in [6.07, 6.45) is 1.05. The van der Waals surface area contributed by atoms with Gasteiger partial charge in [0, 0.05) is 23.7 Å². The third kappa shape index (κ3) is 5.13. The van der Waals surface area contributed by atoms with Gasteiger partial charge in [-0.15, -0.1) is 0 Å². The van der Waals surface area contributed by atoms with Crippen molar-refractivity contribution < 1.29 is 9.47 Å². The molecule has 0 amide bonds. The van der Waals surface area contributed by atoms with E-state index in [1.165, 1.54) is 5.56 Å². The average molecular weight is 330 g/mol. The molecule has 19 heavy (non-hydrogen) atoms. The molecule has 3 nitrogen and oxygen atoms in total. The fourth-order valence-electron chi connectivity index (χ4n) is 2.04. The second kappa shape index (κ2) is 7.88. The average Bonchev–Trinajstić information content (AvgIpc) is 2.38. The number of hydrogen-bond donors (Lipinski definition) is 1. The molecule has 0 saturated carbocycles. The lowest BCUT2D eigenvalue weighted by molar-refractivity contribution is 0.198. The van der Waals surface area contributed by atoms with Crippen molar-refractivity contribution in [2.75, 3.05) is 33.9 Å². The summed E-state index contributed by atoms with van der Waals surface area (Å²) in [6, 6.07) is 6.17. The quantitative estimate of drug-likeness (QED) is 0.742. The van der Waals surface area contributed by atoms with Crippen LogP contribution >= 0.6 is 15.9 Å². The number of halogens is 1. The van der Waals surface area contributed by atoms with E-state index in [-0.39, 0.29) is 5.41 Å². The summed E-state index contributed by atoms with van der Waals surface area (Å²) in [6.45, 7) is 7.10. The first kappa shape index (κ1) is 16.5. The smallest absolute Gasteiger partial charge is 0.122 e. The van der Waals surface area contributed by atoms with Crippen LogP contribution in [0.25, 0.3) is 0 Å². The van der Waals surface area contributed by atoms with Crippen LogP contribution in [-0.2, 0) is 10.2 Å². The van der Waals surface area contributed by atoms with Crippen molar-refractivity contribution in [2.24, 2.45) is 0 Å². The van der Waals surface area contributed by atoms with Crippen LogP contribution in [0.1, 0.15) is 25.8 Å². The van der Waals surface area contributed by atoms with Crippen molar-refractivity contribution in [3.63, 3.8) is 0 Å². The SMILES string of the molecule is COCCNCCC(C)(C)c1cc(Br)ccc1OC. The second-order valence-corrected chi connectivity index (χ2v) is 6.14. The van der Waals surface area contributed by atoms with E-state index in [0.717, 1.165) is 36.3 Å². The van der Waals surface area contributed by atoms with Crippen LogP contribution < -0.4 is 10.1 Å². The molecule has 108 valence electrons. The summed E-state index contributed by atoms with van der Waals surface area (Å²) in [5, 5.41) is 3.39. The summed E-state index contributed by atoms with van der Waals surface area (Å²) in [5.41, 5.74) is 1.30. The van der Waals surface area contributed by atoms with Crippen LogP contribution in [0.5, 0.6) is 5.75 Å². The molecule has 0 saturated heterocycles. The van der Waals surface area contributed by atoms with Crippen LogP contribution in [0, 0.1) is 0 Å². The topological polar surface area (TPSA) is 30.5 Å². The zero-order valence-corrected chi connectivity index (χ0v) is 13.8. The van der Waals surface area contributed by atoms with Crippen molar-refractivity contribution >= 4 is 15.9 Å². The highest BCUT2D eigenvalue weighted by atomic mass is 79.9. The van der Waals surface area contributed by atoms with Crippen molar-refractivity contribution in [1.82, 2.24) is 5.32 Å². The molecule has 1 aromatic rings. The van der Waals surface area contributed by atoms with Gasteiger partial charge in [-0.05, 0) is 36.6 Å². The van der Waals surface area contributed by atoms with E-state index in [4.69, 9.17) is 9.47 Å². The molecular weight excluding hydrogens is 306 g/mol. The van der Waals surface area contributed by atoms with Crippen molar-refractivity contribution in [2.45, 2.75) is 25.7 Å². The van der Waals surface area contributed by atoms with E-state index in [2.05, 4.69) is 41.2 Å². The van der Waals surface area contributed by atoms with Gasteiger partial charge in [0.2, 0.25) is 0 Å². The Morgan fingerprint density at radius 3 is 2.58 bits per heavy atom. The summed E-state index contributed by atoms with van der Waals surface area (Å²) >= 11 is 3.53. The number of ether oxygens (including phenoxy) is 2. The molecule has 0 aliphatic carbocycles. The first-order valence-corrected chi connectivity index (χ1v) is 7.34. The number of nitrogens with one attached hydrogen (secondary N) is 1. The molecule has 0 atom stereocenters. The summed E-state index contributed by atoms with van der Waals surface area (Å²) in [7, 11) is 3.44. The lowest BCUT2D eigenvalue weighted by atomic mass is 9.81. The van der Waals surface area contributed by atoms with Crippen LogP contribution in [0.15, 0.2) is 22.7 Å². The van der Waals surface area contributed by atoms with E-state index in [1.54, 1.807) is 14.2 Å². The van der Waals surface area contributed by atoms with Gasteiger partial charge in [0.05, 0.1) is 13.7 Å². The van der Waals surface area contributed by atoms with Gasteiger partial charge in [-0.3, -0.25) is 0 Å². The highest BCUT2D eigenvalue weighted by molar-refractivity contribution is 9.10. The Morgan fingerprint density at radius 1 is 1.21 bits per heavy atom. The largest absolute Gasteiger partial charge is 0.496 e. The zero-order chi connectivity index (χ0) is 14.3. The molecule has 4 heteroatoms. The first-order chi connectivity index (χ1) is 9.01. The van der Waals surface area contributed by atoms with Crippen molar-refractivity contribution in [3.8, 4) is 5.75 Å². The molecule has 0 bridgehead atoms. The third-order valence-electron chi connectivity index (χ3n) is 3.30. The van der Waals surface area contributed by atoms with Crippen molar-refractivity contribution in [3.05, 3.63) is 28.2 Å². The summed E-state index contributed by atoms with van der Waals surface area (Å²) < 4.78 is 11.6. The maximum Gasteiger partial charge on any atom is 0.122 e. The second-order valence-electron chi connectivity index (χ2n) is 5.22. The van der Waals surface area contributed by atoms with E-state index in [1.807, 2.05) is 12.1 Å². The molecule has 1 N–H and O–H groups in total. The van der Waals surface area contributed by atoms with Crippen LogP contribution in [-0.4, -0.2) is 33.9 Å². The minimum absolute atomic E-state index is 0.0647. The van der Waals surface area contributed by atoms with Gasteiger partial charge in [0.1, 0.15) is 5.75 Å². The molecule has 1 rings (SSSR count). The lowest BCUT2D eigenvalue weighted by Gasteiger charge is -2.27. The molecule has 0 unspecified atom stereocenters. The first-order valence-electron chi connectivity index (χ1n) is 6.55. The van der Waals surface area contributed by atoms with Crippen molar-refractivity contribution in [1.29, 1.82) is 0 Å². The Kier molecular flexibility index (Phi) is 6.83. The normalized spacial score (nSPS) is 11.6. The van der Waals surface area contributed by atoms with E-state index in [9.17, 15) is 0 Å². The minimum atomic E-state index is 0.0647. The Balaban J connectivity index is 2.67. The van der Waals surface area contributed by atoms with Gasteiger partial charge < -0.3 is 14.8 Å². The molecule has 0 heterocycles. The summed E-state index contributed by atoms with van der Waals surface area (Å²) in [5.74, 6) is 0.949. The predicted octanol–water partition coefficient (Wildman–Crippen LogP) is 3.36. The van der Waals surface area contributed by atoms with E-state index >= 15 is 0 Å². The monoisotopic (exact) mass is 329 g/mol. The Labute approximate surface area is 124 Å². The van der Waals surface area contributed by atoms with Gasteiger partial charge in [0.25, 0.3) is 0 Å². The number of hydrogen-bond acceptors (Lipinski definition) is 3. The van der Waals surface area contributed by atoms with E-state index in [0.29, 0.717) is 0 Å². The van der Waals surface area contributed by atoms with Crippen LogP contribution in [0.4, 0.5) is 0 Å². The number of rotatable bonds is 8. The van der Waals surface area contributed by atoms with Crippen LogP contribution in [0.2, 0.25) is 0 Å². The molecule has 1 aromatic carbocycles. The fourth-order valence-corrected chi connectivity index (χ4v) is 2.40. The summed E-state index contributed by atoms with van der Waals surface area (Å²) in [4.78, 5) is 0. The zero-order valence-electron chi connectivity index (χ0n) is 12.3.